The molecule has 60 valence electrons. The van der Waals surface area contributed by atoms with Crippen molar-refractivity contribution in [3.63, 3.8) is 0 Å². The van der Waals surface area contributed by atoms with E-state index in [1.807, 2.05) is 12.1 Å². The van der Waals surface area contributed by atoms with Crippen molar-refractivity contribution in [2.75, 3.05) is 5.73 Å². The number of anilines is 1. The second-order valence-electron chi connectivity index (χ2n) is 2.30. The van der Waals surface area contributed by atoms with E-state index in [1.54, 1.807) is 0 Å². The van der Waals surface area contributed by atoms with Gasteiger partial charge in [0.15, 0.2) is 0 Å². The highest BCUT2D eigenvalue weighted by Gasteiger charge is 1.97. The number of nitrogen functional groups attached to an aromatic ring is 1. The highest BCUT2D eigenvalue weighted by atomic mass is 79.9. The lowest BCUT2D eigenvalue weighted by molar-refractivity contribution is 1.37. The van der Waals surface area contributed by atoms with Crippen LogP contribution in [0.25, 0.3) is 0 Å². The SMILES string of the molecule is Nc1cc(CBr)ccc1CBr. The summed E-state index contributed by atoms with van der Waals surface area (Å²) < 4.78 is 0. The summed E-state index contributed by atoms with van der Waals surface area (Å²) in [6.07, 6.45) is 0. The fourth-order valence-electron chi connectivity index (χ4n) is 0.849. The minimum Gasteiger partial charge on any atom is -0.398 e. The van der Waals surface area contributed by atoms with Crippen LogP contribution in [-0.2, 0) is 10.7 Å². The van der Waals surface area contributed by atoms with E-state index in [4.69, 9.17) is 5.73 Å². The van der Waals surface area contributed by atoms with Gasteiger partial charge in [0.1, 0.15) is 0 Å². The van der Waals surface area contributed by atoms with E-state index in [0.29, 0.717) is 0 Å². The second kappa shape index (κ2) is 4.12. The molecule has 0 spiro atoms. The fraction of sp³-hybridized carbons (Fsp3) is 0.250. The summed E-state index contributed by atoms with van der Waals surface area (Å²) in [4.78, 5) is 0. The normalized spacial score (nSPS) is 10.0. The van der Waals surface area contributed by atoms with E-state index in [1.165, 1.54) is 5.56 Å². The van der Waals surface area contributed by atoms with Crippen molar-refractivity contribution in [3.05, 3.63) is 29.3 Å². The van der Waals surface area contributed by atoms with Crippen molar-refractivity contribution in [1.29, 1.82) is 0 Å². The predicted octanol–water partition coefficient (Wildman–Crippen LogP) is 3.06. The number of benzene rings is 1. The lowest BCUT2D eigenvalue weighted by Gasteiger charge is -2.02. The van der Waals surface area contributed by atoms with Gasteiger partial charge in [-0.1, -0.05) is 44.0 Å². The molecule has 0 fully saturated rings. The maximum absolute atomic E-state index is 5.76. The van der Waals surface area contributed by atoms with Crippen molar-refractivity contribution in [2.45, 2.75) is 10.7 Å². The Labute approximate surface area is 83.2 Å². The third-order valence-corrected chi connectivity index (χ3v) is 2.76. The second-order valence-corrected chi connectivity index (χ2v) is 3.42. The predicted molar refractivity (Wildman–Crippen MR) is 56.1 cm³/mol. The van der Waals surface area contributed by atoms with Crippen molar-refractivity contribution in [2.24, 2.45) is 0 Å². The Balaban J connectivity index is 2.99. The molecule has 2 N–H and O–H groups in total. The van der Waals surface area contributed by atoms with Crippen LogP contribution in [0.15, 0.2) is 18.2 Å². The van der Waals surface area contributed by atoms with Crippen molar-refractivity contribution >= 4 is 37.5 Å². The van der Waals surface area contributed by atoms with Gasteiger partial charge in [0.2, 0.25) is 0 Å². The van der Waals surface area contributed by atoms with Crippen LogP contribution in [0.3, 0.4) is 0 Å². The molecule has 0 saturated heterocycles. The minimum absolute atomic E-state index is 0.821. The summed E-state index contributed by atoms with van der Waals surface area (Å²) in [7, 11) is 0. The number of alkyl halides is 2. The summed E-state index contributed by atoms with van der Waals surface area (Å²) in [5.41, 5.74) is 8.98. The number of hydrogen-bond acceptors (Lipinski definition) is 1. The maximum Gasteiger partial charge on any atom is 0.0358 e. The molecule has 0 radical (unpaired) electrons. The Morgan fingerprint density at radius 2 is 1.91 bits per heavy atom. The van der Waals surface area contributed by atoms with Crippen LogP contribution in [0.1, 0.15) is 11.1 Å². The summed E-state index contributed by atoms with van der Waals surface area (Å²) in [6.45, 7) is 0. The Bertz CT molecular complexity index is 248. The van der Waals surface area contributed by atoms with Crippen molar-refractivity contribution < 1.29 is 0 Å². The van der Waals surface area contributed by atoms with Gasteiger partial charge in [-0.05, 0) is 17.2 Å². The fourth-order valence-corrected chi connectivity index (χ4v) is 1.71. The first kappa shape index (κ1) is 9.07. The molecule has 0 aliphatic rings. The average Bonchev–Trinajstić information content (AvgIpc) is 2.04. The highest BCUT2D eigenvalue weighted by Crippen LogP contribution is 2.18. The van der Waals surface area contributed by atoms with E-state index in [9.17, 15) is 0 Å². The first-order valence-electron chi connectivity index (χ1n) is 3.27. The molecule has 1 rings (SSSR count). The molecule has 0 bridgehead atoms. The molecule has 0 heterocycles. The van der Waals surface area contributed by atoms with Gasteiger partial charge in [-0.15, -0.1) is 0 Å². The van der Waals surface area contributed by atoms with Crippen LogP contribution < -0.4 is 5.73 Å². The van der Waals surface area contributed by atoms with Gasteiger partial charge in [0, 0.05) is 16.3 Å². The third-order valence-electron chi connectivity index (χ3n) is 1.51. The van der Waals surface area contributed by atoms with Gasteiger partial charge in [0.25, 0.3) is 0 Å². The van der Waals surface area contributed by atoms with Crippen molar-refractivity contribution in [1.82, 2.24) is 0 Å². The van der Waals surface area contributed by atoms with E-state index >= 15 is 0 Å². The molecule has 1 aromatic carbocycles. The van der Waals surface area contributed by atoms with E-state index < -0.39 is 0 Å². The maximum atomic E-state index is 5.76. The zero-order chi connectivity index (χ0) is 8.27. The molecule has 0 amide bonds. The Hall–Kier alpha value is -0.0200. The molecule has 0 aromatic heterocycles. The van der Waals surface area contributed by atoms with Crippen LogP contribution in [0.5, 0.6) is 0 Å². The molecular formula is C8H9Br2N. The smallest absolute Gasteiger partial charge is 0.0358 e. The minimum atomic E-state index is 0.821. The van der Waals surface area contributed by atoms with Gasteiger partial charge in [0.05, 0.1) is 0 Å². The van der Waals surface area contributed by atoms with E-state index in [2.05, 4.69) is 37.9 Å². The molecule has 3 heteroatoms. The first-order chi connectivity index (χ1) is 5.27. The summed E-state index contributed by atoms with van der Waals surface area (Å²) in [6, 6.07) is 6.10. The Morgan fingerprint density at radius 1 is 1.18 bits per heavy atom. The number of nitrogens with two attached hydrogens (primary N) is 1. The zero-order valence-electron chi connectivity index (χ0n) is 5.98. The highest BCUT2D eigenvalue weighted by molar-refractivity contribution is 9.08. The molecule has 0 aliphatic heterocycles. The van der Waals surface area contributed by atoms with E-state index in [0.717, 1.165) is 21.9 Å². The quantitative estimate of drug-likeness (QED) is 0.653. The standard InChI is InChI=1S/C8H9Br2N/c9-4-6-1-2-7(5-10)8(11)3-6/h1-3H,4-5,11H2. The van der Waals surface area contributed by atoms with E-state index in [-0.39, 0.29) is 0 Å². The van der Waals surface area contributed by atoms with Gasteiger partial charge < -0.3 is 5.73 Å². The molecule has 1 nitrogen and oxygen atoms in total. The average molecular weight is 279 g/mol. The van der Waals surface area contributed by atoms with Gasteiger partial charge in [-0.3, -0.25) is 0 Å². The van der Waals surface area contributed by atoms with Gasteiger partial charge in [-0.2, -0.15) is 0 Å². The summed E-state index contributed by atoms with van der Waals surface area (Å²) in [5.74, 6) is 0. The summed E-state index contributed by atoms with van der Waals surface area (Å²) >= 11 is 6.73. The lowest BCUT2D eigenvalue weighted by atomic mass is 10.1. The number of rotatable bonds is 2. The Kier molecular flexibility index (Phi) is 3.40. The van der Waals surface area contributed by atoms with Gasteiger partial charge in [-0.25, -0.2) is 0 Å². The first-order valence-corrected chi connectivity index (χ1v) is 5.51. The number of hydrogen-bond donors (Lipinski definition) is 1. The molecular weight excluding hydrogens is 270 g/mol. The zero-order valence-corrected chi connectivity index (χ0v) is 9.15. The molecule has 0 atom stereocenters. The molecule has 0 saturated carbocycles. The molecule has 0 unspecified atom stereocenters. The third kappa shape index (κ3) is 2.20. The van der Waals surface area contributed by atoms with Crippen LogP contribution >= 0.6 is 31.9 Å². The van der Waals surface area contributed by atoms with Crippen LogP contribution in [0.4, 0.5) is 5.69 Å². The van der Waals surface area contributed by atoms with Crippen molar-refractivity contribution in [3.8, 4) is 0 Å². The lowest BCUT2D eigenvalue weighted by Crippen LogP contribution is -1.92. The van der Waals surface area contributed by atoms with Crippen LogP contribution in [-0.4, -0.2) is 0 Å². The molecule has 1 aromatic rings. The topological polar surface area (TPSA) is 26.0 Å². The summed E-state index contributed by atoms with van der Waals surface area (Å²) in [5, 5.41) is 1.68. The molecule has 0 aliphatic carbocycles. The monoisotopic (exact) mass is 277 g/mol. The van der Waals surface area contributed by atoms with Gasteiger partial charge >= 0.3 is 0 Å². The van der Waals surface area contributed by atoms with Crippen LogP contribution in [0, 0.1) is 0 Å². The largest absolute Gasteiger partial charge is 0.398 e. The Morgan fingerprint density at radius 3 is 2.36 bits per heavy atom. The number of halogens is 2. The van der Waals surface area contributed by atoms with Crippen LogP contribution in [0.2, 0.25) is 0 Å². The molecule has 11 heavy (non-hydrogen) atoms.